The van der Waals surface area contributed by atoms with Crippen molar-refractivity contribution in [1.29, 1.82) is 0 Å². The number of aromatic nitrogens is 1. The molecule has 1 aromatic heterocycles. The van der Waals surface area contributed by atoms with E-state index in [1.807, 2.05) is 7.05 Å². The Hall–Kier alpha value is -2.70. The van der Waals surface area contributed by atoms with Gasteiger partial charge in [-0.15, -0.1) is 0 Å². The Morgan fingerprint density at radius 3 is 2.17 bits per heavy atom. The van der Waals surface area contributed by atoms with E-state index in [1.165, 1.54) is 4.90 Å². The number of nitrogens with zero attached hydrogens (tertiary/aromatic N) is 3. The zero-order valence-electron chi connectivity index (χ0n) is 13.2. The van der Waals surface area contributed by atoms with E-state index in [-0.39, 0.29) is 24.6 Å². The summed E-state index contributed by atoms with van der Waals surface area (Å²) in [6.07, 6.45) is 3.53. The SMILES string of the molecule is Cn1ccc(C(=O)N2CCN(C(=O)c3cc(F)ccc3F)CC2)c1. The van der Waals surface area contributed by atoms with Crippen molar-refractivity contribution in [2.24, 2.45) is 7.05 Å². The van der Waals surface area contributed by atoms with Gasteiger partial charge >= 0.3 is 0 Å². The molecule has 0 saturated carbocycles. The lowest BCUT2D eigenvalue weighted by atomic mass is 10.1. The largest absolute Gasteiger partial charge is 0.356 e. The molecule has 1 aliphatic heterocycles. The first-order valence-corrected chi connectivity index (χ1v) is 7.61. The third kappa shape index (κ3) is 3.15. The minimum atomic E-state index is -0.746. The van der Waals surface area contributed by atoms with E-state index >= 15 is 0 Å². The summed E-state index contributed by atoms with van der Waals surface area (Å²) in [5, 5.41) is 0. The number of piperazine rings is 1. The van der Waals surface area contributed by atoms with E-state index in [1.54, 1.807) is 27.9 Å². The second-order valence-corrected chi connectivity index (χ2v) is 5.77. The second kappa shape index (κ2) is 6.43. The molecule has 1 aliphatic rings. The molecule has 2 aromatic rings. The highest BCUT2D eigenvalue weighted by atomic mass is 19.1. The van der Waals surface area contributed by atoms with Crippen molar-refractivity contribution in [2.45, 2.75) is 0 Å². The van der Waals surface area contributed by atoms with Crippen LogP contribution in [0, 0.1) is 11.6 Å². The van der Waals surface area contributed by atoms with E-state index in [9.17, 15) is 18.4 Å². The molecule has 0 atom stereocenters. The van der Waals surface area contributed by atoms with Crippen LogP contribution in [0.5, 0.6) is 0 Å². The van der Waals surface area contributed by atoms with Crippen LogP contribution in [-0.4, -0.2) is 52.4 Å². The number of halogens is 2. The van der Waals surface area contributed by atoms with E-state index in [0.717, 1.165) is 18.2 Å². The van der Waals surface area contributed by atoms with Crippen LogP contribution in [0.4, 0.5) is 8.78 Å². The molecule has 1 fully saturated rings. The highest BCUT2D eigenvalue weighted by molar-refractivity contribution is 5.96. The van der Waals surface area contributed by atoms with E-state index < -0.39 is 17.5 Å². The minimum absolute atomic E-state index is 0.0976. The molecular weight excluding hydrogens is 316 g/mol. The van der Waals surface area contributed by atoms with E-state index in [2.05, 4.69) is 0 Å². The molecular formula is C17H17F2N3O2. The van der Waals surface area contributed by atoms with Crippen LogP contribution in [0.3, 0.4) is 0 Å². The predicted octanol–water partition coefficient (Wildman–Crippen LogP) is 1.90. The molecule has 0 unspecified atom stereocenters. The lowest BCUT2D eigenvalue weighted by molar-refractivity contribution is 0.0532. The van der Waals surface area contributed by atoms with Gasteiger partial charge in [-0.1, -0.05) is 0 Å². The summed E-state index contributed by atoms with van der Waals surface area (Å²) in [4.78, 5) is 27.8. The van der Waals surface area contributed by atoms with Crippen LogP contribution in [-0.2, 0) is 7.05 Å². The quantitative estimate of drug-likeness (QED) is 0.843. The molecule has 126 valence electrons. The van der Waals surface area contributed by atoms with Gasteiger partial charge in [0.15, 0.2) is 0 Å². The summed E-state index contributed by atoms with van der Waals surface area (Å²) in [5.41, 5.74) is 0.311. The summed E-state index contributed by atoms with van der Waals surface area (Å²) in [6, 6.07) is 4.56. The number of hydrogen-bond donors (Lipinski definition) is 0. The predicted molar refractivity (Wildman–Crippen MR) is 83.6 cm³/mol. The van der Waals surface area contributed by atoms with Crippen LogP contribution in [0.2, 0.25) is 0 Å². The van der Waals surface area contributed by atoms with Gasteiger partial charge in [-0.05, 0) is 24.3 Å². The van der Waals surface area contributed by atoms with Gasteiger partial charge in [-0.2, -0.15) is 0 Å². The fourth-order valence-corrected chi connectivity index (χ4v) is 2.76. The molecule has 2 amide bonds. The van der Waals surface area contributed by atoms with Gasteiger partial charge in [-0.25, -0.2) is 8.78 Å². The maximum absolute atomic E-state index is 13.7. The average Bonchev–Trinajstić information content (AvgIpc) is 3.02. The third-order valence-electron chi connectivity index (χ3n) is 4.09. The zero-order chi connectivity index (χ0) is 17.3. The summed E-state index contributed by atoms with van der Waals surface area (Å²) < 4.78 is 28.8. The molecule has 5 nitrogen and oxygen atoms in total. The Bertz CT molecular complexity index is 780. The normalized spacial score (nSPS) is 14.8. The Morgan fingerprint density at radius 2 is 1.58 bits per heavy atom. The summed E-state index contributed by atoms with van der Waals surface area (Å²) in [7, 11) is 1.83. The highest BCUT2D eigenvalue weighted by Gasteiger charge is 2.27. The Morgan fingerprint density at radius 1 is 0.958 bits per heavy atom. The molecule has 1 aromatic carbocycles. The zero-order valence-corrected chi connectivity index (χ0v) is 13.2. The van der Waals surface area contributed by atoms with Crippen molar-refractivity contribution < 1.29 is 18.4 Å². The van der Waals surface area contributed by atoms with Crippen LogP contribution in [0.15, 0.2) is 36.7 Å². The van der Waals surface area contributed by atoms with Crippen molar-refractivity contribution in [3.8, 4) is 0 Å². The van der Waals surface area contributed by atoms with Crippen molar-refractivity contribution in [3.05, 3.63) is 59.4 Å². The molecule has 0 bridgehead atoms. The molecule has 1 saturated heterocycles. The molecule has 0 aliphatic carbocycles. The number of aryl methyl sites for hydroxylation is 1. The minimum Gasteiger partial charge on any atom is -0.356 e. The van der Waals surface area contributed by atoms with Crippen molar-refractivity contribution in [3.63, 3.8) is 0 Å². The number of hydrogen-bond acceptors (Lipinski definition) is 2. The van der Waals surface area contributed by atoms with Crippen LogP contribution < -0.4 is 0 Å². The first-order valence-electron chi connectivity index (χ1n) is 7.61. The second-order valence-electron chi connectivity index (χ2n) is 5.77. The van der Waals surface area contributed by atoms with Gasteiger partial charge in [0.25, 0.3) is 11.8 Å². The fraction of sp³-hybridized carbons (Fsp3) is 0.294. The average molecular weight is 333 g/mol. The number of carbonyl (C=O) groups is 2. The van der Waals surface area contributed by atoms with Crippen molar-refractivity contribution in [1.82, 2.24) is 14.4 Å². The lowest BCUT2D eigenvalue weighted by Crippen LogP contribution is -2.50. The number of carbonyl (C=O) groups excluding carboxylic acids is 2. The van der Waals surface area contributed by atoms with Gasteiger partial charge in [0.2, 0.25) is 0 Å². The van der Waals surface area contributed by atoms with Gasteiger partial charge in [0.1, 0.15) is 11.6 Å². The molecule has 3 rings (SSSR count). The van der Waals surface area contributed by atoms with E-state index in [4.69, 9.17) is 0 Å². The Balaban J connectivity index is 1.65. The maximum atomic E-state index is 13.7. The van der Waals surface area contributed by atoms with Gasteiger partial charge in [-0.3, -0.25) is 9.59 Å². The summed E-state index contributed by atoms with van der Waals surface area (Å²) >= 11 is 0. The molecule has 0 radical (unpaired) electrons. The third-order valence-corrected chi connectivity index (χ3v) is 4.09. The fourth-order valence-electron chi connectivity index (χ4n) is 2.76. The molecule has 0 spiro atoms. The van der Waals surface area contributed by atoms with Crippen LogP contribution >= 0.6 is 0 Å². The molecule has 2 heterocycles. The number of rotatable bonds is 2. The van der Waals surface area contributed by atoms with Crippen molar-refractivity contribution >= 4 is 11.8 Å². The summed E-state index contributed by atoms with van der Waals surface area (Å²) in [5.74, 6) is -2.06. The van der Waals surface area contributed by atoms with Gasteiger partial charge in [0.05, 0.1) is 11.1 Å². The van der Waals surface area contributed by atoms with Crippen molar-refractivity contribution in [2.75, 3.05) is 26.2 Å². The number of benzene rings is 1. The first kappa shape index (κ1) is 16.2. The van der Waals surface area contributed by atoms with E-state index in [0.29, 0.717) is 18.7 Å². The molecule has 7 heteroatoms. The van der Waals surface area contributed by atoms with Gasteiger partial charge in [0, 0.05) is 45.6 Å². The smallest absolute Gasteiger partial charge is 0.257 e. The van der Waals surface area contributed by atoms with Crippen LogP contribution in [0.1, 0.15) is 20.7 Å². The van der Waals surface area contributed by atoms with Crippen LogP contribution in [0.25, 0.3) is 0 Å². The Kier molecular flexibility index (Phi) is 4.33. The monoisotopic (exact) mass is 333 g/mol. The van der Waals surface area contributed by atoms with Gasteiger partial charge < -0.3 is 14.4 Å². The Labute approximate surface area is 138 Å². The standard InChI is InChI=1S/C17H17F2N3O2/c1-20-5-4-12(11-20)16(23)21-6-8-22(9-7-21)17(24)14-10-13(18)2-3-15(14)19/h2-5,10-11H,6-9H2,1H3. The number of amides is 2. The lowest BCUT2D eigenvalue weighted by Gasteiger charge is -2.34. The maximum Gasteiger partial charge on any atom is 0.257 e. The highest BCUT2D eigenvalue weighted by Crippen LogP contribution is 2.15. The first-order chi connectivity index (χ1) is 11.5. The summed E-state index contributed by atoms with van der Waals surface area (Å²) in [6.45, 7) is 1.29. The molecule has 24 heavy (non-hydrogen) atoms. The topological polar surface area (TPSA) is 45.6 Å². The molecule has 0 N–H and O–H groups in total.